The summed E-state index contributed by atoms with van der Waals surface area (Å²) >= 11 is 0. The Hall–Kier alpha value is -1.62. The molecule has 0 spiro atoms. The monoisotopic (exact) mass is 223 g/mol. The van der Waals surface area contributed by atoms with Crippen molar-refractivity contribution < 1.29 is 9.53 Å². The highest BCUT2D eigenvalue weighted by atomic mass is 16.5. The number of methoxy groups -OCH3 is 1. The van der Waals surface area contributed by atoms with Gasteiger partial charge < -0.3 is 15.8 Å². The lowest BCUT2D eigenvalue weighted by Crippen LogP contribution is -2.47. The molecule has 0 saturated heterocycles. The first-order valence-electron chi connectivity index (χ1n) is 4.98. The molecule has 1 heterocycles. The summed E-state index contributed by atoms with van der Waals surface area (Å²) in [7, 11) is 1.59. The highest BCUT2D eigenvalue weighted by Gasteiger charge is 2.22. The molecular weight excluding hydrogens is 206 g/mol. The van der Waals surface area contributed by atoms with Gasteiger partial charge in [0, 0.05) is 13.3 Å². The number of hydrogen-bond acceptors (Lipinski definition) is 4. The van der Waals surface area contributed by atoms with E-state index in [1.807, 2.05) is 13.8 Å². The second-order valence-electron chi connectivity index (χ2n) is 4.21. The average molecular weight is 223 g/mol. The van der Waals surface area contributed by atoms with Crippen LogP contribution >= 0.6 is 0 Å². The summed E-state index contributed by atoms with van der Waals surface area (Å²) in [6.07, 6.45) is 1.54. The quantitative estimate of drug-likeness (QED) is 0.792. The minimum Gasteiger partial charge on any atom is -0.397 e. The van der Waals surface area contributed by atoms with Crippen molar-refractivity contribution in [3.63, 3.8) is 0 Å². The van der Waals surface area contributed by atoms with Gasteiger partial charge in [0.15, 0.2) is 5.69 Å². The van der Waals surface area contributed by atoms with E-state index >= 15 is 0 Å². The van der Waals surface area contributed by atoms with Gasteiger partial charge in [0.05, 0.1) is 17.8 Å². The number of rotatable bonds is 4. The average Bonchev–Trinajstić information content (AvgIpc) is 2.17. The summed E-state index contributed by atoms with van der Waals surface area (Å²) in [5.41, 5.74) is 5.82. The molecule has 3 N–H and O–H groups in total. The molecule has 0 aliphatic rings. The molecule has 1 amide bonds. The van der Waals surface area contributed by atoms with Gasteiger partial charge in [-0.1, -0.05) is 0 Å². The first kappa shape index (κ1) is 12.4. The fourth-order valence-electron chi connectivity index (χ4n) is 1.37. The van der Waals surface area contributed by atoms with Crippen molar-refractivity contribution in [2.24, 2.45) is 0 Å². The van der Waals surface area contributed by atoms with E-state index in [0.29, 0.717) is 12.3 Å². The van der Waals surface area contributed by atoms with Crippen LogP contribution in [0.25, 0.3) is 0 Å². The van der Waals surface area contributed by atoms with E-state index in [9.17, 15) is 4.79 Å². The van der Waals surface area contributed by atoms with Crippen molar-refractivity contribution >= 4 is 11.6 Å². The predicted molar refractivity (Wildman–Crippen MR) is 62.1 cm³/mol. The number of aromatic nitrogens is 1. The van der Waals surface area contributed by atoms with Gasteiger partial charge in [-0.3, -0.25) is 4.79 Å². The summed E-state index contributed by atoms with van der Waals surface area (Å²) in [6.45, 7) is 4.16. The van der Waals surface area contributed by atoms with Crippen LogP contribution in [0.5, 0.6) is 0 Å². The van der Waals surface area contributed by atoms with E-state index in [1.54, 1.807) is 19.2 Å². The van der Waals surface area contributed by atoms with Crippen molar-refractivity contribution in [2.75, 3.05) is 19.5 Å². The molecular formula is C11H17N3O2. The Kier molecular flexibility index (Phi) is 3.84. The van der Waals surface area contributed by atoms with Crippen LogP contribution in [0, 0.1) is 0 Å². The lowest BCUT2D eigenvalue weighted by molar-refractivity contribution is 0.0816. The van der Waals surface area contributed by atoms with E-state index in [2.05, 4.69) is 10.3 Å². The van der Waals surface area contributed by atoms with Crippen LogP contribution < -0.4 is 11.1 Å². The van der Waals surface area contributed by atoms with E-state index in [4.69, 9.17) is 10.5 Å². The van der Waals surface area contributed by atoms with Crippen molar-refractivity contribution in [3.05, 3.63) is 24.0 Å². The highest BCUT2D eigenvalue weighted by Crippen LogP contribution is 2.09. The van der Waals surface area contributed by atoms with Gasteiger partial charge >= 0.3 is 0 Å². The van der Waals surface area contributed by atoms with Crippen LogP contribution in [-0.4, -0.2) is 30.1 Å². The van der Waals surface area contributed by atoms with Crippen molar-refractivity contribution in [1.29, 1.82) is 0 Å². The van der Waals surface area contributed by atoms with Crippen molar-refractivity contribution in [2.45, 2.75) is 19.4 Å². The topological polar surface area (TPSA) is 77.2 Å². The van der Waals surface area contributed by atoms with Crippen LogP contribution in [0.2, 0.25) is 0 Å². The largest absolute Gasteiger partial charge is 0.397 e. The number of nitrogens with two attached hydrogens (primary N) is 1. The van der Waals surface area contributed by atoms with Gasteiger partial charge in [0.25, 0.3) is 5.91 Å². The third-order valence-electron chi connectivity index (χ3n) is 2.01. The zero-order valence-corrected chi connectivity index (χ0v) is 9.78. The molecule has 0 aromatic carbocycles. The Labute approximate surface area is 95.0 Å². The van der Waals surface area contributed by atoms with Gasteiger partial charge in [0.1, 0.15) is 0 Å². The number of hydrogen-bond donors (Lipinski definition) is 2. The molecule has 5 nitrogen and oxygen atoms in total. The van der Waals surface area contributed by atoms with E-state index in [0.717, 1.165) is 0 Å². The van der Waals surface area contributed by atoms with Crippen LogP contribution in [0.15, 0.2) is 18.3 Å². The third-order valence-corrected chi connectivity index (χ3v) is 2.01. The number of nitrogens with zero attached hydrogens (tertiary/aromatic N) is 1. The molecule has 0 atom stereocenters. The van der Waals surface area contributed by atoms with Gasteiger partial charge in [-0.25, -0.2) is 4.98 Å². The highest BCUT2D eigenvalue weighted by molar-refractivity contribution is 5.97. The van der Waals surface area contributed by atoms with Crippen molar-refractivity contribution in [1.82, 2.24) is 10.3 Å². The molecule has 0 fully saturated rings. The summed E-state index contributed by atoms with van der Waals surface area (Å²) in [5, 5.41) is 2.81. The maximum Gasteiger partial charge on any atom is 0.272 e. The van der Waals surface area contributed by atoms with Gasteiger partial charge in [0.2, 0.25) is 0 Å². The first-order chi connectivity index (χ1) is 7.46. The molecule has 1 aromatic rings. The molecule has 0 saturated carbocycles. The molecule has 0 aliphatic carbocycles. The second-order valence-corrected chi connectivity index (χ2v) is 4.21. The number of anilines is 1. The molecule has 0 unspecified atom stereocenters. The maximum absolute atomic E-state index is 11.8. The van der Waals surface area contributed by atoms with Crippen LogP contribution in [-0.2, 0) is 4.74 Å². The maximum atomic E-state index is 11.8. The normalized spacial score (nSPS) is 11.2. The van der Waals surface area contributed by atoms with Crippen LogP contribution in [0.3, 0.4) is 0 Å². The Morgan fingerprint density at radius 1 is 1.62 bits per heavy atom. The van der Waals surface area contributed by atoms with Gasteiger partial charge in [-0.05, 0) is 26.0 Å². The van der Waals surface area contributed by atoms with E-state index in [-0.39, 0.29) is 11.6 Å². The fraction of sp³-hybridized carbons (Fsp3) is 0.455. The Morgan fingerprint density at radius 2 is 2.31 bits per heavy atom. The molecule has 1 aromatic heterocycles. The number of ether oxygens (including phenoxy) is 1. The van der Waals surface area contributed by atoms with Crippen molar-refractivity contribution in [3.8, 4) is 0 Å². The minimum atomic E-state index is -0.449. The molecule has 16 heavy (non-hydrogen) atoms. The summed E-state index contributed by atoms with van der Waals surface area (Å²) in [6, 6.07) is 3.33. The molecule has 1 rings (SSSR count). The van der Waals surface area contributed by atoms with Crippen LogP contribution in [0.4, 0.5) is 5.69 Å². The van der Waals surface area contributed by atoms with Gasteiger partial charge in [-0.15, -0.1) is 0 Å². The number of amides is 1. The zero-order chi connectivity index (χ0) is 12.2. The SMILES string of the molecule is COCC(C)(C)NC(=O)c1ncccc1N. The molecule has 0 aliphatic heterocycles. The molecule has 5 heteroatoms. The lowest BCUT2D eigenvalue weighted by atomic mass is 10.1. The first-order valence-corrected chi connectivity index (χ1v) is 4.98. The van der Waals surface area contributed by atoms with E-state index in [1.165, 1.54) is 6.20 Å². The minimum absolute atomic E-state index is 0.242. The number of pyridine rings is 1. The zero-order valence-electron chi connectivity index (χ0n) is 9.78. The lowest BCUT2D eigenvalue weighted by Gasteiger charge is -2.25. The summed E-state index contributed by atoms with van der Waals surface area (Å²) in [4.78, 5) is 15.8. The Bertz CT molecular complexity index is 377. The number of nitrogens with one attached hydrogen (secondary N) is 1. The number of carbonyl (C=O) groups excluding carboxylic acids is 1. The predicted octanol–water partition coefficient (Wildman–Crippen LogP) is 0.819. The Balaban J connectivity index is 2.77. The fourth-order valence-corrected chi connectivity index (χ4v) is 1.37. The molecule has 0 radical (unpaired) electrons. The Morgan fingerprint density at radius 3 is 2.88 bits per heavy atom. The summed E-state index contributed by atoms with van der Waals surface area (Å²) in [5.74, 6) is -0.292. The number of nitrogen functional groups attached to an aromatic ring is 1. The van der Waals surface area contributed by atoms with Crippen LogP contribution in [0.1, 0.15) is 24.3 Å². The second kappa shape index (κ2) is 4.94. The third kappa shape index (κ3) is 3.20. The number of carbonyl (C=O) groups is 1. The molecule has 88 valence electrons. The smallest absolute Gasteiger partial charge is 0.272 e. The van der Waals surface area contributed by atoms with E-state index < -0.39 is 5.54 Å². The summed E-state index contributed by atoms with van der Waals surface area (Å²) < 4.78 is 5.01. The standard InChI is InChI=1S/C11H17N3O2/c1-11(2,7-16-3)14-10(15)9-8(12)5-4-6-13-9/h4-6H,7,12H2,1-3H3,(H,14,15). The molecule has 0 bridgehead atoms. The van der Waals surface area contributed by atoms with Gasteiger partial charge in [-0.2, -0.15) is 0 Å².